The highest BCUT2D eigenvalue weighted by molar-refractivity contribution is 6.30. The topological polar surface area (TPSA) is 42.7 Å². The summed E-state index contributed by atoms with van der Waals surface area (Å²) < 4.78 is 1.84. The Morgan fingerprint density at radius 1 is 1.29 bits per heavy atom. The first-order valence-electron chi connectivity index (χ1n) is 5.71. The van der Waals surface area contributed by atoms with Crippen molar-refractivity contribution in [2.75, 3.05) is 0 Å². The third-order valence-corrected chi connectivity index (χ3v) is 3.07. The molecule has 0 amide bonds. The first-order valence-corrected chi connectivity index (χ1v) is 6.09. The second kappa shape index (κ2) is 4.47. The molecule has 1 fully saturated rings. The van der Waals surface area contributed by atoms with E-state index < -0.39 is 0 Å². The highest BCUT2D eigenvalue weighted by Gasteiger charge is 2.21. The van der Waals surface area contributed by atoms with Crippen molar-refractivity contribution >= 4 is 11.6 Å². The van der Waals surface area contributed by atoms with Crippen molar-refractivity contribution in [1.29, 1.82) is 0 Å². The maximum absolute atomic E-state index is 5.87. The lowest BCUT2D eigenvalue weighted by atomic mass is 10.3. The van der Waals surface area contributed by atoms with Gasteiger partial charge in [0.05, 0.1) is 12.2 Å². The van der Waals surface area contributed by atoms with Crippen LogP contribution in [0.2, 0.25) is 5.02 Å². The molecule has 0 radical (unpaired) electrons. The number of aromatic nitrogens is 3. The monoisotopic (exact) mass is 248 g/mol. The van der Waals surface area contributed by atoms with Crippen LogP contribution in [0, 0.1) is 0 Å². The van der Waals surface area contributed by atoms with E-state index in [2.05, 4.69) is 15.4 Å². The van der Waals surface area contributed by atoms with Crippen molar-refractivity contribution in [3.05, 3.63) is 41.4 Å². The first kappa shape index (κ1) is 10.7. The summed E-state index contributed by atoms with van der Waals surface area (Å²) in [6.45, 7) is 0.757. The van der Waals surface area contributed by atoms with Crippen molar-refractivity contribution in [3.63, 3.8) is 0 Å². The van der Waals surface area contributed by atoms with Crippen molar-refractivity contribution < 1.29 is 0 Å². The Balaban J connectivity index is 1.81. The van der Waals surface area contributed by atoms with E-state index in [1.165, 1.54) is 12.8 Å². The fourth-order valence-electron chi connectivity index (χ4n) is 1.71. The third kappa shape index (κ3) is 2.48. The van der Waals surface area contributed by atoms with Gasteiger partial charge in [0.2, 0.25) is 0 Å². The fourth-order valence-corrected chi connectivity index (χ4v) is 1.83. The predicted octanol–water partition coefficient (Wildman–Crippen LogP) is 2.17. The predicted molar refractivity (Wildman–Crippen MR) is 66.2 cm³/mol. The smallest absolute Gasteiger partial charge is 0.146 e. The number of rotatable bonds is 4. The van der Waals surface area contributed by atoms with E-state index in [-0.39, 0.29) is 0 Å². The summed E-state index contributed by atoms with van der Waals surface area (Å²) in [6.07, 6.45) is 4.13. The minimum atomic E-state index is 0.672. The van der Waals surface area contributed by atoms with Gasteiger partial charge in [0.1, 0.15) is 12.2 Å². The minimum Gasteiger partial charge on any atom is -0.307 e. The molecular weight excluding hydrogens is 236 g/mol. The summed E-state index contributed by atoms with van der Waals surface area (Å²) in [6, 6.07) is 8.27. The van der Waals surface area contributed by atoms with Crippen LogP contribution in [0.5, 0.6) is 0 Å². The van der Waals surface area contributed by atoms with Crippen LogP contribution in [0.25, 0.3) is 5.69 Å². The van der Waals surface area contributed by atoms with Crippen LogP contribution in [0.15, 0.2) is 30.6 Å². The van der Waals surface area contributed by atoms with Gasteiger partial charge in [-0.3, -0.25) is 0 Å². The van der Waals surface area contributed by atoms with Crippen molar-refractivity contribution in [2.24, 2.45) is 0 Å². The van der Waals surface area contributed by atoms with Gasteiger partial charge in [-0.1, -0.05) is 11.6 Å². The maximum atomic E-state index is 5.87. The molecule has 2 aromatic rings. The first-order chi connectivity index (χ1) is 8.33. The molecule has 5 heteroatoms. The summed E-state index contributed by atoms with van der Waals surface area (Å²) in [5.74, 6) is 0.930. The molecule has 3 rings (SSSR count). The molecule has 1 aliphatic carbocycles. The molecule has 1 aromatic carbocycles. The van der Waals surface area contributed by atoms with E-state index in [4.69, 9.17) is 11.6 Å². The molecule has 0 spiro atoms. The number of hydrogen-bond acceptors (Lipinski definition) is 3. The molecule has 0 bridgehead atoms. The number of nitrogens with zero attached hydrogens (tertiary/aromatic N) is 3. The Labute approximate surface area is 105 Å². The summed E-state index contributed by atoms with van der Waals surface area (Å²) >= 11 is 5.87. The largest absolute Gasteiger partial charge is 0.307 e. The Morgan fingerprint density at radius 2 is 2.06 bits per heavy atom. The molecule has 0 aliphatic heterocycles. The van der Waals surface area contributed by atoms with E-state index in [1.54, 1.807) is 6.33 Å². The lowest BCUT2D eigenvalue weighted by Gasteiger charge is -2.06. The van der Waals surface area contributed by atoms with Crippen LogP contribution in [0.4, 0.5) is 0 Å². The number of hydrogen-bond donors (Lipinski definition) is 1. The second-order valence-electron chi connectivity index (χ2n) is 4.22. The van der Waals surface area contributed by atoms with Gasteiger partial charge in [-0.15, -0.1) is 0 Å². The lowest BCUT2D eigenvalue weighted by Crippen LogP contribution is -2.18. The van der Waals surface area contributed by atoms with Crippen LogP contribution < -0.4 is 5.32 Å². The van der Waals surface area contributed by atoms with Crippen molar-refractivity contribution in [2.45, 2.75) is 25.4 Å². The van der Waals surface area contributed by atoms with E-state index >= 15 is 0 Å². The molecule has 1 saturated carbocycles. The quantitative estimate of drug-likeness (QED) is 0.902. The molecule has 88 valence electrons. The molecule has 0 atom stereocenters. The average Bonchev–Trinajstić information content (AvgIpc) is 3.06. The van der Waals surface area contributed by atoms with E-state index in [0.717, 1.165) is 23.1 Å². The molecule has 1 aromatic heterocycles. The number of halogens is 1. The molecule has 0 saturated heterocycles. The Morgan fingerprint density at radius 3 is 2.76 bits per heavy atom. The fraction of sp³-hybridized carbons (Fsp3) is 0.333. The number of benzene rings is 1. The highest BCUT2D eigenvalue weighted by Crippen LogP contribution is 2.19. The summed E-state index contributed by atoms with van der Waals surface area (Å²) in [5.41, 5.74) is 0.986. The van der Waals surface area contributed by atoms with Gasteiger partial charge in [0.15, 0.2) is 0 Å². The summed E-state index contributed by atoms with van der Waals surface area (Å²) in [5, 5.41) is 8.40. The van der Waals surface area contributed by atoms with Crippen LogP contribution in [0.1, 0.15) is 18.7 Å². The van der Waals surface area contributed by atoms with Gasteiger partial charge in [-0.25, -0.2) is 9.67 Å². The van der Waals surface area contributed by atoms with Gasteiger partial charge >= 0.3 is 0 Å². The van der Waals surface area contributed by atoms with Gasteiger partial charge in [-0.2, -0.15) is 5.10 Å². The van der Waals surface area contributed by atoms with Gasteiger partial charge in [-0.05, 0) is 37.1 Å². The zero-order chi connectivity index (χ0) is 11.7. The van der Waals surface area contributed by atoms with Crippen molar-refractivity contribution in [3.8, 4) is 5.69 Å². The lowest BCUT2D eigenvalue weighted by molar-refractivity contribution is 0.638. The van der Waals surface area contributed by atoms with E-state index in [1.807, 2.05) is 28.9 Å². The van der Waals surface area contributed by atoms with E-state index in [9.17, 15) is 0 Å². The molecule has 1 N–H and O–H groups in total. The van der Waals surface area contributed by atoms with Crippen LogP contribution in [-0.2, 0) is 6.54 Å². The Kier molecular flexibility index (Phi) is 2.82. The van der Waals surface area contributed by atoms with Gasteiger partial charge in [0, 0.05) is 11.1 Å². The third-order valence-electron chi connectivity index (χ3n) is 2.82. The Hall–Kier alpha value is -1.39. The second-order valence-corrected chi connectivity index (χ2v) is 4.66. The molecule has 0 unspecified atom stereocenters. The zero-order valence-electron chi connectivity index (χ0n) is 9.31. The minimum absolute atomic E-state index is 0.672. The zero-order valence-corrected chi connectivity index (χ0v) is 10.1. The van der Waals surface area contributed by atoms with Crippen LogP contribution in [-0.4, -0.2) is 20.8 Å². The van der Waals surface area contributed by atoms with Gasteiger partial charge in [0.25, 0.3) is 0 Å². The SMILES string of the molecule is Clc1ccc(-n2ncnc2CNC2CC2)cc1. The molecule has 1 aliphatic rings. The molecule has 1 heterocycles. The normalized spacial score (nSPS) is 15.1. The van der Waals surface area contributed by atoms with Crippen LogP contribution in [0.3, 0.4) is 0 Å². The van der Waals surface area contributed by atoms with Crippen LogP contribution >= 0.6 is 11.6 Å². The van der Waals surface area contributed by atoms with Crippen molar-refractivity contribution in [1.82, 2.24) is 20.1 Å². The summed E-state index contributed by atoms with van der Waals surface area (Å²) in [4.78, 5) is 4.27. The summed E-state index contributed by atoms with van der Waals surface area (Å²) in [7, 11) is 0. The average molecular weight is 249 g/mol. The maximum Gasteiger partial charge on any atom is 0.146 e. The highest BCUT2D eigenvalue weighted by atomic mass is 35.5. The Bertz CT molecular complexity index is 501. The molecular formula is C12H13ClN4. The number of nitrogens with one attached hydrogen (secondary N) is 1. The van der Waals surface area contributed by atoms with Gasteiger partial charge < -0.3 is 5.32 Å². The standard InChI is InChI=1S/C12H13ClN4/c13-9-1-5-11(6-2-9)17-12(15-8-16-17)7-14-10-3-4-10/h1-2,5-6,8,10,14H,3-4,7H2. The molecule has 4 nitrogen and oxygen atoms in total. The molecule has 17 heavy (non-hydrogen) atoms. The van der Waals surface area contributed by atoms with E-state index in [0.29, 0.717) is 6.04 Å².